The molecule has 4 heterocycles. The standard InChI is InChI=1S/C25H24ClN3O6.C23H19Cl2N3O4/c1-33-21-12-14(8-9-15(21)17-13-27-25(35-3)28-22(17)34-2)23(30)29-19(10-11-20(29)24(31)32)16-6-4-5-7-18(16)26;1-32-20-16(12-26-23(25)27-20)13-6-8-14(9-7-13)21(29)28-18(10-11-19(28)22(30)31)15-4-2-3-5-17(15)24/h4-9,12-13,19-20H,10-11H2,1-3H3,(H,31,32);2-9,12,18-19H,10-11H2,1H3,(H,30,31)/t19-,20+;18-,19+/m11/s1. The predicted molar refractivity (Wildman–Crippen MR) is 248 cm³/mol. The second-order valence-corrected chi connectivity index (χ2v) is 16.3. The van der Waals surface area contributed by atoms with Crippen LogP contribution >= 0.6 is 34.8 Å². The topological polar surface area (TPSA) is 204 Å². The van der Waals surface area contributed by atoms with E-state index in [1.807, 2.05) is 24.3 Å². The number of likely N-dealkylation sites (tertiary alicyclic amines) is 2. The van der Waals surface area contributed by atoms with Gasteiger partial charge in [0.2, 0.25) is 17.0 Å². The van der Waals surface area contributed by atoms with Gasteiger partial charge in [0.25, 0.3) is 11.8 Å². The summed E-state index contributed by atoms with van der Waals surface area (Å²) in [5, 5.41) is 20.6. The van der Waals surface area contributed by atoms with Crippen molar-refractivity contribution in [3.63, 3.8) is 0 Å². The highest BCUT2D eigenvalue weighted by Gasteiger charge is 2.44. The average molecular weight is 970 g/mol. The molecule has 0 spiro atoms. The van der Waals surface area contributed by atoms with E-state index in [4.69, 9.17) is 53.8 Å². The van der Waals surface area contributed by atoms with Crippen molar-refractivity contribution in [2.75, 3.05) is 28.4 Å². The van der Waals surface area contributed by atoms with Crippen molar-refractivity contribution in [2.24, 2.45) is 0 Å². The Labute approximate surface area is 400 Å². The van der Waals surface area contributed by atoms with Crippen molar-refractivity contribution in [1.82, 2.24) is 29.7 Å². The van der Waals surface area contributed by atoms with Gasteiger partial charge in [0.1, 0.15) is 17.8 Å². The van der Waals surface area contributed by atoms with Crippen LogP contribution in [0.25, 0.3) is 22.3 Å². The Kier molecular flexibility index (Phi) is 15.1. The first-order valence-electron chi connectivity index (χ1n) is 20.7. The molecule has 4 aromatic carbocycles. The van der Waals surface area contributed by atoms with Crippen LogP contribution < -0.4 is 18.9 Å². The summed E-state index contributed by atoms with van der Waals surface area (Å²) in [5.41, 5.74) is 4.60. The number of halogens is 3. The van der Waals surface area contributed by atoms with E-state index in [-0.39, 0.29) is 28.6 Å². The van der Waals surface area contributed by atoms with Gasteiger partial charge in [0.05, 0.1) is 51.6 Å². The highest BCUT2D eigenvalue weighted by atomic mass is 35.5. The van der Waals surface area contributed by atoms with E-state index in [9.17, 15) is 29.4 Å². The Bertz CT molecular complexity index is 2820. The largest absolute Gasteiger partial charge is 0.496 e. The third-order valence-electron chi connectivity index (χ3n) is 11.5. The number of methoxy groups -OCH3 is 4. The van der Waals surface area contributed by atoms with Crippen LogP contribution in [-0.4, -0.2) is 104 Å². The molecule has 4 atom stereocenters. The van der Waals surface area contributed by atoms with Gasteiger partial charge in [-0.2, -0.15) is 9.97 Å². The maximum atomic E-state index is 13.7. The Morgan fingerprint density at radius 2 is 1.07 bits per heavy atom. The molecule has 0 unspecified atom stereocenters. The fraction of sp³-hybridized carbons (Fsp3) is 0.250. The zero-order valence-corrected chi connectivity index (χ0v) is 38.7. The maximum absolute atomic E-state index is 13.7. The van der Waals surface area contributed by atoms with Crippen molar-refractivity contribution >= 4 is 58.6 Å². The van der Waals surface area contributed by atoms with E-state index >= 15 is 0 Å². The summed E-state index contributed by atoms with van der Waals surface area (Å²) in [7, 11) is 5.89. The smallest absolute Gasteiger partial charge is 0.326 e. The van der Waals surface area contributed by atoms with E-state index in [1.54, 1.807) is 79.1 Å². The summed E-state index contributed by atoms with van der Waals surface area (Å²) in [6, 6.07) is 23.4. The van der Waals surface area contributed by atoms with Crippen molar-refractivity contribution in [1.29, 1.82) is 0 Å². The lowest BCUT2D eigenvalue weighted by atomic mass is 10.0. The Balaban J connectivity index is 0.000000200. The number of aromatic nitrogens is 4. The molecule has 0 bridgehead atoms. The highest BCUT2D eigenvalue weighted by molar-refractivity contribution is 6.31. The van der Waals surface area contributed by atoms with Crippen LogP contribution in [0.5, 0.6) is 23.5 Å². The van der Waals surface area contributed by atoms with Crippen LogP contribution in [0.15, 0.2) is 103 Å². The Morgan fingerprint density at radius 1 is 0.567 bits per heavy atom. The molecule has 2 aliphatic rings. The second-order valence-electron chi connectivity index (χ2n) is 15.2. The normalized spacial score (nSPS) is 17.5. The number of hydrogen-bond acceptors (Lipinski definition) is 12. The van der Waals surface area contributed by atoms with Crippen molar-refractivity contribution in [3.8, 4) is 45.8 Å². The van der Waals surface area contributed by atoms with E-state index in [0.29, 0.717) is 69.6 Å². The van der Waals surface area contributed by atoms with Crippen LogP contribution in [0.3, 0.4) is 0 Å². The zero-order chi connectivity index (χ0) is 47.9. The number of carbonyl (C=O) groups excluding carboxylic acids is 2. The highest BCUT2D eigenvalue weighted by Crippen LogP contribution is 2.43. The van der Waals surface area contributed by atoms with E-state index in [1.165, 1.54) is 38.2 Å². The Hall–Kier alpha value is -7.01. The number of rotatable bonds is 12. The van der Waals surface area contributed by atoms with Crippen LogP contribution in [0.2, 0.25) is 15.3 Å². The second kappa shape index (κ2) is 21.1. The monoisotopic (exact) mass is 968 g/mol. The summed E-state index contributed by atoms with van der Waals surface area (Å²) in [6.45, 7) is 0. The maximum Gasteiger partial charge on any atom is 0.326 e. The minimum Gasteiger partial charge on any atom is -0.496 e. The van der Waals surface area contributed by atoms with Crippen LogP contribution in [0.1, 0.15) is 69.6 Å². The molecule has 19 heteroatoms. The molecule has 2 aromatic heterocycles. The number of carbonyl (C=O) groups is 4. The predicted octanol–water partition coefficient (Wildman–Crippen LogP) is 9.14. The minimum absolute atomic E-state index is 0.0664. The van der Waals surface area contributed by atoms with Crippen molar-refractivity contribution in [2.45, 2.75) is 49.9 Å². The SMILES string of the molecule is COc1nc(Cl)ncc1-c1ccc(C(=O)N2[C@@H](c3ccccc3Cl)CC[C@H]2C(=O)O)cc1.COc1ncc(-c2ccc(C(=O)N3[C@@H](c4ccccc4Cl)CC[C@H]3C(=O)O)cc2OC)c(OC)n1. The fourth-order valence-corrected chi connectivity index (χ4v) is 9.05. The zero-order valence-electron chi connectivity index (χ0n) is 36.4. The molecular weight excluding hydrogens is 927 g/mol. The number of benzene rings is 4. The third kappa shape index (κ3) is 10.1. The molecule has 8 rings (SSSR count). The number of carboxylic acid groups (broad SMARTS) is 2. The molecule has 0 radical (unpaired) electrons. The first-order valence-corrected chi connectivity index (χ1v) is 21.8. The number of amides is 2. The van der Waals surface area contributed by atoms with Gasteiger partial charge in [-0.25, -0.2) is 19.6 Å². The van der Waals surface area contributed by atoms with Gasteiger partial charge in [0, 0.05) is 39.1 Å². The van der Waals surface area contributed by atoms with E-state index in [2.05, 4.69) is 19.9 Å². The molecule has 2 fully saturated rings. The Morgan fingerprint density at radius 3 is 1.58 bits per heavy atom. The van der Waals surface area contributed by atoms with Gasteiger partial charge < -0.3 is 39.0 Å². The fourth-order valence-electron chi connectivity index (χ4n) is 8.40. The molecule has 0 aliphatic carbocycles. The first-order chi connectivity index (χ1) is 32.3. The molecule has 346 valence electrons. The van der Waals surface area contributed by atoms with Gasteiger partial charge in [0.15, 0.2) is 0 Å². The summed E-state index contributed by atoms with van der Waals surface area (Å²) >= 11 is 18.6. The third-order valence-corrected chi connectivity index (χ3v) is 12.4. The van der Waals surface area contributed by atoms with Crippen molar-refractivity contribution < 1.29 is 48.3 Å². The number of nitrogens with zero attached hydrogens (tertiary/aromatic N) is 6. The van der Waals surface area contributed by atoms with Crippen LogP contribution in [0.4, 0.5) is 0 Å². The average Bonchev–Trinajstić information content (AvgIpc) is 4.00. The lowest BCUT2D eigenvalue weighted by Crippen LogP contribution is -2.41. The minimum atomic E-state index is -1.06. The van der Waals surface area contributed by atoms with E-state index < -0.39 is 42.0 Å². The van der Waals surface area contributed by atoms with Crippen LogP contribution in [0, 0.1) is 0 Å². The summed E-state index contributed by atoms with van der Waals surface area (Å²) in [6.07, 6.45) is 4.77. The van der Waals surface area contributed by atoms with Gasteiger partial charge in [-0.15, -0.1) is 0 Å². The molecule has 2 N–H and O–H groups in total. The lowest BCUT2D eigenvalue weighted by Gasteiger charge is -2.29. The van der Waals surface area contributed by atoms with Gasteiger partial charge >= 0.3 is 17.9 Å². The van der Waals surface area contributed by atoms with Crippen LogP contribution in [-0.2, 0) is 9.59 Å². The number of carboxylic acids is 2. The summed E-state index contributed by atoms with van der Waals surface area (Å²) in [4.78, 5) is 70.2. The first kappa shape index (κ1) is 47.9. The summed E-state index contributed by atoms with van der Waals surface area (Å²) in [5.74, 6) is -1.92. The molecule has 0 saturated carbocycles. The summed E-state index contributed by atoms with van der Waals surface area (Å²) < 4.78 is 21.3. The van der Waals surface area contributed by atoms with Gasteiger partial charge in [-0.1, -0.05) is 71.7 Å². The lowest BCUT2D eigenvalue weighted by molar-refractivity contribution is -0.142. The quantitative estimate of drug-likeness (QED) is 0.110. The molecule has 2 amide bonds. The van der Waals surface area contributed by atoms with E-state index in [0.717, 1.165) is 16.7 Å². The van der Waals surface area contributed by atoms with Gasteiger partial charge in [-0.3, -0.25) is 9.59 Å². The number of ether oxygens (including phenoxy) is 4. The van der Waals surface area contributed by atoms with Gasteiger partial charge in [-0.05, 0) is 96.4 Å². The molecule has 16 nitrogen and oxygen atoms in total. The van der Waals surface area contributed by atoms with Crippen molar-refractivity contribution in [3.05, 3.63) is 141 Å². The molecule has 67 heavy (non-hydrogen) atoms. The molecule has 2 saturated heterocycles. The molecular formula is C48H43Cl3N6O10. The number of hydrogen-bond donors (Lipinski definition) is 2. The molecule has 2 aliphatic heterocycles. The number of aliphatic carboxylic acids is 2. The molecule has 6 aromatic rings.